The fraction of sp³-hybridized carbons (Fsp3) is 0.273. The van der Waals surface area contributed by atoms with Crippen LogP contribution in [0.2, 0.25) is 0 Å². The molecule has 1 aliphatic rings. The zero-order valence-electron chi connectivity index (χ0n) is 16.0. The van der Waals surface area contributed by atoms with E-state index in [0.717, 1.165) is 42.0 Å². The van der Waals surface area contributed by atoms with Gasteiger partial charge in [-0.1, -0.05) is 30.3 Å². The number of aromatic nitrogens is 2. The van der Waals surface area contributed by atoms with Gasteiger partial charge in [0.1, 0.15) is 0 Å². The smallest absolute Gasteiger partial charge is 0.272 e. The fourth-order valence-electron chi connectivity index (χ4n) is 3.60. The van der Waals surface area contributed by atoms with Crippen LogP contribution in [0.5, 0.6) is 0 Å². The highest BCUT2D eigenvalue weighted by Gasteiger charge is 2.21. The SMILES string of the molecule is CCN(c1ccccc1)c1ccc(CNC(=O)c2n[nH]c3c2CNCC3)cc1. The van der Waals surface area contributed by atoms with Crippen LogP contribution in [-0.4, -0.2) is 29.2 Å². The van der Waals surface area contributed by atoms with Crippen molar-refractivity contribution in [1.82, 2.24) is 20.8 Å². The number of carbonyl (C=O) groups excluding carboxylic acids is 1. The highest BCUT2D eigenvalue weighted by Crippen LogP contribution is 2.25. The molecule has 1 aliphatic heterocycles. The van der Waals surface area contributed by atoms with E-state index in [1.807, 2.05) is 18.2 Å². The Bertz CT molecular complexity index is 933. The van der Waals surface area contributed by atoms with Crippen molar-refractivity contribution in [3.63, 3.8) is 0 Å². The van der Waals surface area contributed by atoms with Gasteiger partial charge in [0.25, 0.3) is 5.91 Å². The number of carbonyl (C=O) groups is 1. The Balaban J connectivity index is 1.41. The van der Waals surface area contributed by atoms with Gasteiger partial charge in [-0.25, -0.2) is 0 Å². The summed E-state index contributed by atoms with van der Waals surface area (Å²) in [6.45, 7) is 5.11. The number of hydrogen-bond acceptors (Lipinski definition) is 4. The zero-order chi connectivity index (χ0) is 19.3. The first kappa shape index (κ1) is 18.3. The predicted molar refractivity (Wildman–Crippen MR) is 111 cm³/mol. The van der Waals surface area contributed by atoms with Crippen molar-refractivity contribution in [3.05, 3.63) is 77.1 Å². The summed E-state index contributed by atoms with van der Waals surface area (Å²) in [6.07, 6.45) is 0.881. The quantitative estimate of drug-likeness (QED) is 0.619. The van der Waals surface area contributed by atoms with E-state index in [-0.39, 0.29) is 5.91 Å². The standard InChI is InChI=1S/C22H25N5O/c1-2-27(17-6-4-3-5-7-17)18-10-8-16(9-11-18)14-24-22(28)21-19-15-23-13-12-20(19)25-26-21/h3-11,23H,2,12-15H2,1H3,(H,24,28)(H,25,26). The number of anilines is 2. The maximum absolute atomic E-state index is 12.5. The Labute approximate surface area is 165 Å². The highest BCUT2D eigenvalue weighted by molar-refractivity contribution is 5.94. The topological polar surface area (TPSA) is 73.0 Å². The van der Waals surface area contributed by atoms with Gasteiger partial charge in [-0.15, -0.1) is 0 Å². The van der Waals surface area contributed by atoms with E-state index >= 15 is 0 Å². The van der Waals surface area contributed by atoms with Crippen LogP contribution in [0.1, 0.15) is 34.2 Å². The van der Waals surface area contributed by atoms with Gasteiger partial charge in [0.05, 0.1) is 0 Å². The van der Waals surface area contributed by atoms with Crippen LogP contribution in [0, 0.1) is 0 Å². The van der Waals surface area contributed by atoms with Gasteiger partial charge in [0.2, 0.25) is 0 Å². The zero-order valence-corrected chi connectivity index (χ0v) is 16.0. The molecule has 3 N–H and O–H groups in total. The fourth-order valence-corrected chi connectivity index (χ4v) is 3.60. The minimum Gasteiger partial charge on any atom is -0.347 e. The second kappa shape index (κ2) is 8.27. The highest BCUT2D eigenvalue weighted by atomic mass is 16.1. The molecule has 0 saturated heterocycles. The van der Waals surface area contributed by atoms with Gasteiger partial charge in [0.15, 0.2) is 5.69 Å². The molecule has 0 spiro atoms. The van der Waals surface area contributed by atoms with Crippen LogP contribution in [0.4, 0.5) is 11.4 Å². The molecular weight excluding hydrogens is 350 g/mol. The van der Waals surface area contributed by atoms with Crippen molar-refractivity contribution in [3.8, 4) is 0 Å². The lowest BCUT2D eigenvalue weighted by Crippen LogP contribution is -2.28. The predicted octanol–water partition coefficient (Wildman–Crippen LogP) is 3.14. The summed E-state index contributed by atoms with van der Waals surface area (Å²) in [4.78, 5) is 14.8. The molecule has 0 aliphatic carbocycles. The van der Waals surface area contributed by atoms with Gasteiger partial charge < -0.3 is 15.5 Å². The van der Waals surface area contributed by atoms with Crippen LogP contribution in [0.3, 0.4) is 0 Å². The second-order valence-corrected chi connectivity index (χ2v) is 6.89. The molecule has 0 saturated carbocycles. The number of benzene rings is 2. The summed E-state index contributed by atoms with van der Waals surface area (Å²) in [5.41, 5.74) is 5.91. The molecule has 0 fully saturated rings. The lowest BCUT2D eigenvalue weighted by atomic mass is 10.1. The van der Waals surface area contributed by atoms with Crippen LogP contribution in [-0.2, 0) is 19.5 Å². The molecule has 0 atom stereocenters. The largest absolute Gasteiger partial charge is 0.347 e. The second-order valence-electron chi connectivity index (χ2n) is 6.89. The van der Waals surface area contributed by atoms with Crippen LogP contribution < -0.4 is 15.5 Å². The summed E-state index contributed by atoms with van der Waals surface area (Å²) in [7, 11) is 0. The number of nitrogens with zero attached hydrogens (tertiary/aromatic N) is 2. The van der Waals surface area contributed by atoms with E-state index in [1.54, 1.807) is 0 Å². The Morgan fingerprint density at radius 1 is 1.11 bits per heavy atom. The summed E-state index contributed by atoms with van der Waals surface area (Å²) >= 11 is 0. The molecule has 2 aromatic carbocycles. The third kappa shape index (κ3) is 3.77. The van der Waals surface area contributed by atoms with E-state index in [9.17, 15) is 4.79 Å². The number of fused-ring (bicyclic) bond motifs is 1. The number of hydrogen-bond donors (Lipinski definition) is 3. The normalized spacial score (nSPS) is 13.0. The lowest BCUT2D eigenvalue weighted by Gasteiger charge is -2.23. The molecule has 28 heavy (non-hydrogen) atoms. The number of H-pyrrole nitrogens is 1. The minimum absolute atomic E-state index is 0.134. The maximum atomic E-state index is 12.5. The van der Waals surface area contributed by atoms with Crippen molar-refractivity contribution in [2.75, 3.05) is 18.0 Å². The number of aromatic amines is 1. The molecule has 144 valence electrons. The molecule has 0 radical (unpaired) electrons. The summed E-state index contributed by atoms with van der Waals surface area (Å²) < 4.78 is 0. The van der Waals surface area contributed by atoms with Crippen molar-refractivity contribution in [2.24, 2.45) is 0 Å². The third-order valence-electron chi connectivity index (χ3n) is 5.11. The molecule has 1 amide bonds. The van der Waals surface area contributed by atoms with Crippen LogP contribution in [0.25, 0.3) is 0 Å². The van der Waals surface area contributed by atoms with E-state index in [4.69, 9.17) is 0 Å². The molecule has 4 rings (SSSR count). The first-order valence-electron chi connectivity index (χ1n) is 9.73. The Morgan fingerprint density at radius 2 is 1.86 bits per heavy atom. The summed E-state index contributed by atoms with van der Waals surface area (Å²) in [6, 6.07) is 18.6. The van der Waals surface area contributed by atoms with Crippen molar-refractivity contribution >= 4 is 17.3 Å². The first-order valence-corrected chi connectivity index (χ1v) is 9.73. The molecular formula is C22H25N5O. The van der Waals surface area contributed by atoms with Crippen molar-refractivity contribution in [1.29, 1.82) is 0 Å². The Morgan fingerprint density at radius 3 is 2.61 bits per heavy atom. The number of para-hydroxylation sites is 1. The molecule has 2 heterocycles. The van der Waals surface area contributed by atoms with E-state index in [1.165, 1.54) is 5.69 Å². The molecule has 6 heteroatoms. The molecule has 3 aromatic rings. The first-order chi connectivity index (χ1) is 13.8. The monoisotopic (exact) mass is 375 g/mol. The number of amides is 1. The van der Waals surface area contributed by atoms with Crippen molar-refractivity contribution in [2.45, 2.75) is 26.4 Å². The molecule has 0 unspecified atom stereocenters. The Kier molecular flexibility index (Phi) is 5.39. The third-order valence-corrected chi connectivity index (χ3v) is 5.11. The molecule has 0 bridgehead atoms. The van der Waals surface area contributed by atoms with E-state index < -0.39 is 0 Å². The van der Waals surface area contributed by atoms with Gasteiger partial charge in [-0.2, -0.15) is 5.10 Å². The maximum Gasteiger partial charge on any atom is 0.272 e. The summed E-state index contributed by atoms with van der Waals surface area (Å²) in [5, 5.41) is 13.5. The Hall–Kier alpha value is -3.12. The lowest BCUT2D eigenvalue weighted by molar-refractivity contribution is 0.0944. The minimum atomic E-state index is -0.134. The van der Waals surface area contributed by atoms with Crippen LogP contribution in [0.15, 0.2) is 54.6 Å². The molecule has 1 aromatic heterocycles. The number of nitrogens with one attached hydrogen (secondary N) is 3. The molecule has 6 nitrogen and oxygen atoms in total. The van der Waals surface area contributed by atoms with Gasteiger partial charge in [-0.05, 0) is 36.8 Å². The van der Waals surface area contributed by atoms with Crippen molar-refractivity contribution < 1.29 is 4.79 Å². The van der Waals surface area contributed by atoms with Gasteiger partial charge >= 0.3 is 0 Å². The average molecular weight is 375 g/mol. The van der Waals surface area contributed by atoms with Crippen LogP contribution >= 0.6 is 0 Å². The number of rotatable bonds is 6. The van der Waals surface area contributed by atoms with Gasteiger partial charge in [0, 0.05) is 55.2 Å². The average Bonchev–Trinajstić information content (AvgIpc) is 3.18. The van der Waals surface area contributed by atoms with Gasteiger partial charge in [-0.3, -0.25) is 9.89 Å². The van der Waals surface area contributed by atoms with E-state index in [0.29, 0.717) is 18.8 Å². The summed E-state index contributed by atoms with van der Waals surface area (Å²) in [5.74, 6) is -0.134. The van der Waals surface area contributed by atoms with E-state index in [2.05, 4.69) is 69.1 Å².